The number of rotatable bonds is 6. The van der Waals surface area contributed by atoms with Gasteiger partial charge in [-0.1, -0.05) is 13.8 Å². The summed E-state index contributed by atoms with van der Waals surface area (Å²) in [6, 6.07) is 0. The van der Waals surface area contributed by atoms with Gasteiger partial charge in [0.05, 0.1) is 25.4 Å². The minimum atomic E-state index is -0.858. The molecule has 0 saturated heterocycles. The second-order valence-electron chi connectivity index (χ2n) is 2.87. The molecule has 0 fully saturated rings. The third kappa shape index (κ3) is 2.17. The fourth-order valence-corrected chi connectivity index (χ4v) is 1.34. The minimum absolute atomic E-state index is 0.221. The van der Waals surface area contributed by atoms with Crippen molar-refractivity contribution < 1.29 is 15.3 Å². The lowest BCUT2D eigenvalue weighted by Crippen LogP contribution is -2.57. The van der Waals surface area contributed by atoms with Gasteiger partial charge < -0.3 is 15.3 Å². The van der Waals surface area contributed by atoms with E-state index < -0.39 is 5.54 Å². The summed E-state index contributed by atoms with van der Waals surface area (Å²) < 4.78 is 0. The molecule has 0 aliphatic rings. The molecule has 0 bridgehead atoms. The summed E-state index contributed by atoms with van der Waals surface area (Å²) in [5, 5.41) is 27.1. The Bertz CT molecular complexity index is 103. The van der Waals surface area contributed by atoms with Crippen molar-refractivity contribution in [2.45, 2.75) is 19.4 Å². The van der Waals surface area contributed by atoms with Gasteiger partial charge in [0.1, 0.15) is 0 Å². The second kappa shape index (κ2) is 5.48. The number of aliphatic hydroxyl groups is 3. The molecule has 0 radical (unpaired) electrons. The van der Waals surface area contributed by atoms with Gasteiger partial charge in [-0.2, -0.15) is 0 Å². The summed E-state index contributed by atoms with van der Waals surface area (Å²) in [5.41, 5.74) is -0.858. The van der Waals surface area contributed by atoms with Gasteiger partial charge in [0.15, 0.2) is 0 Å². The molecule has 0 atom stereocenters. The summed E-state index contributed by atoms with van der Waals surface area (Å²) in [4.78, 5) is 1.85. The summed E-state index contributed by atoms with van der Waals surface area (Å²) in [6.45, 7) is 4.61. The lowest BCUT2D eigenvalue weighted by molar-refractivity contribution is -0.0429. The van der Waals surface area contributed by atoms with Crippen LogP contribution in [0.4, 0.5) is 0 Å². The van der Waals surface area contributed by atoms with Crippen LogP contribution >= 0.6 is 0 Å². The van der Waals surface area contributed by atoms with E-state index in [0.29, 0.717) is 13.1 Å². The standard InChI is InChI=1S/C8H19NO3/c1-3-9(4-2)8(5-10,6-11)7-12/h10-12H,3-7H2,1-2H3. The molecule has 4 heteroatoms. The summed E-state index contributed by atoms with van der Waals surface area (Å²) in [5.74, 6) is 0. The number of hydrogen-bond acceptors (Lipinski definition) is 4. The van der Waals surface area contributed by atoms with Crippen LogP contribution in [0.15, 0.2) is 0 Å². The molecule has 0 saturated carbocycles. The molecule has 0 heterocycles. The van der Waals surface area contributed by atoms with E-state index in [9.17, 15) is 0 Å². The molecule has 12 heavy (non-hydrogen) atoms. The maximum atomic E-state index is 9.05. The maximum Gasteiger partial charge on any atom is 0.0906 e. The molecule has 74 valence electrons. The third-order valence-electron chi connectivity index (χ3n) is 2.32. The Morgan fingerprint density at radius 1 is 0.917 bits per heavy atom. The monoisotopic (exact) mass is 177 g/mol. The molecular weight excluding hydrogens is 158 g/mol. The van der Waals surface area contributed by atoms with Gasteiger partial charge in [-0.15, -0.1) is 0 Å². The normalized spacial score (nSPS) is 12.5. The first kappa shape index (κ1) is 11.8. The SMILES string of the molecule is CCN(CC)C(CO)(CO)CO. The highest BCUT2D eigenvalue weighted by Crippen LogP contribution is 2.12. The zero-order valence-corrected chi connectivity index (χ0v) is 7.82. The predicted octanol–water partition coefficient (Wildman–Crippen LogP) is -0.956. The molecule has 0 unspecified atom stereocenters. The van der Waals surface area contributed by atoms with Crippen molar-refractivity contribution in [2.75, 3.05) is 32.9 Å². The quantitative estimate of drug-likeness (QED) is 0.489. The molecule has 0 aliphatic carbocycles. The van der Waals surface area contributed by atoms with Gasteiger partial charge in [0.25, 0.3) is 0 Å². The van der Waals surface area contributed by atoms with Crippen molar-refractivity contribution >= 4 is 0 Å². The van der Waals surface area contributed by atoms with Gasteiger partial charge in [-0.25, -0.2) is 0 Å². The molecule has 0 aromatic heterocycles. The zero-order chi connectivity index (χ0) is 9.61. The molecule has 0 aliphatic heterocycles. The maximum absolute atomic E-state index is 9.05. The van der Waals surface area contributed by atoms with Crippen LogP contribution in [0.1, 0.15) is 13.8 Å². The lowest BCUT2D eigenvalue weighted by atomic mass is 10.0. The molecule has 0 aromatic carbocycles. The summed E-state index contributed by atoms with van der Waals surface area (Å²) in [7, 11) is 0. The van der Waals surface area contributed by atoms with Crippen LogP contribution in [0.2, 0.25) is 0 Å². The molecule has 0 rings (SSSR count). The van der Waals surface area contributed by atoms with E-state index in [1.54, 1.807) is 0 Å². The van der Waals surface area contributed by atoms with Crippen LogP contribution in [0.25, 0.3) is 0 Å². The van der Waals surface area contributed by atoms with E-state index in [4.69, 9.17) is 15.3 Å². The topological polar surface area (TPSA) is 63.9 Å². The van der Waals surface area contributed by atoms with E-state index in [1.165, 1.54) is 0 Å². The second-order valence-corrected chi connectivity index (χ2v) is 2.87. The van der Waals surface area contributed by atoms with E-state index in [-0.39, 0.29) is 19.8 Å². The van der Waals surface area contributed by atoms with Gasteiger partial charge in [-0.3, -0.25) is 4.90 Å². The number of aliphatic hydroxyl groups excluding tert-OH is 3. The van der Waals surface area contributed by atoms with Crippen molar-refractivity contribution in [1.29, 1.82) is 0 Å². The molecule has 0 amide bonds. The third-order valence-corrected chi connectivity index (χ3v) is 2.32. The first-order valence-electron chi connectivity index (χ1n) is 4.28. The van der Waals surface area contributed by atoms with E-state index in [0.717, 1.165) is 0 Å². The van der Waals surface area contributed by atoms with Crippen LogP contribution in [0, 0.1) is 0 Å². The Morgan fingerprint density at radius 2 is 1.25 bits per heavy atom. The summed E-state index contributed by atoms with van der Waals surface area (Å²) in [6.07, 6.45) is 0. The van der Waals surface area contributed by atoms with Crippen LogP contribution < -0.4 is 0 Å². The number of nitrogens with zero attached hydrogens (tertiary/aromatic N) is 1. The molecule has 3 N–H and O–H groups in total. The first-order valence-corrected chi connectivity index (χ1v) is 4.28. The fourth-order valence-electron chi connectivity index (χ4n) is 1.34. The van der Waals surface area contributed by atoms with E-state index in [2.05, 4.69) is 0 Å². The largest absolute Gasteiger partial charge is 0.394 e. The Balaban J connectivity index is 4.42. The Hall–Kier alpha value is -0.160. The zero-order valence-electron chi connectivity index (χ0n) is 7.82. The van der Waals surface area contributed by atoms with Gasteiger partial charge in [0.2, 0.25) is 0 Å². The van der Waals surface area contributed by atoms with Crippen molar-refractivity contribution in [3.8, 4) is 0 Å². The summed E-state index contributed by atoms with van der Waals surface area (Å²) >= 11 is 0. The highest BCUT2D eigenvalue weighted by Gasteiger charge is 2.33. The first-order chi connectivity index (χ1) is 5.70. The fraction of sp³-hybridized carbons (Fsp3) is 1.00. The van der Waals surface area contributed by atoms with Crippen LogP contribution in [-0.4, -0.2) is 58.7 Å². The average molecular weight is 177 g/mol. The molecule has 0 spiro atoms. The lowest BCUT2D eigenvalue weighted by Gasteiger charge is -2.38. The van der Waals surface area contributed by atoms with Crippen molar-refractivity contribution in [3.63, 3.8) is 0 Å². The van der Waals surface area contributed by atoms with Crippen molar-refractivity contribution in [3.05, 3.63) is 0 Å². The Morgan fingerprint density at radius 3 is 1.33 bits per heavy atom. The molecule has 4 nitrogen and oxygen atoms in total. The van der Waals surface area contributed by atoms with Crippen LogP contribution in [0.3, 0.4) is 0 Å². The van der Waals surface area contributed by atoms with Crippen LogP contribution in [-0.2, 0) is 0 Å². The predicted molar refractivity (Wildman–Crippen MR) is 46.9 cm³/mol. The molecule has 0 aromatic rings. The Labute approximate surface area is 73.4 Å². The van der Waals surface area contributed by atoms with E-state index in [1.807, 2.05) is 18.7 Å². The number of hydrogen-bond donors (Lipinski definition) is 3. The van der Waals surface area contributed by atoms with Gasteiger partial charge in [0, 0.05) is 0 Å². The highest BCUT2D eigenvalue weighted by atomic mass is 16.3. The highest BCUT2D eigenvalue weighted by molar-refractivity contribution is 4.88. The average Bonchev–Trinajstić information content (AvgIpc) is 2.14. The van der Waals surface area contributed by atoms with Gasteiger partial charge >= 0.3 is 0 Å². The molecular formula is C8H19NO3. The van der Waals surface area contributed by atoms with Crippen molar-refractivity contribution in [1.82, 2.24) is 4.90 Å². The smallest absolute Gasteiger partial charge is 0.0906 e. The van der Waals surface area contributed by atoms with Crippen molar-refractivity contribution in [2.24, 2.45) is 0 Å². The van der Waals surface area contributed by atoms with Crippen LogP contribution in [0.5, 0.6) is 0 Å². The minimum Gasteiger partial charge on any atom is -0.394 e. The Kier molecular flexibility index (Phi) is 5.41. The van der Waals surface area contributed by atoms with E-state index >= 15 is 0 Å². The van der Waals surface area contributed by atoms with Gasteiger partial charge in [-0.05, 0) is 13.1 Å². The number of likely N-dealkylation sites (N-methyl/N-ethyl adjacent to an activating group) is 1.